The molecule has 0 spiro atoms. The molecule has 0 saturated heterocycles. The number of carbonyl (C=O) groups is 1. The van der Waals surface area contributed by atoms with Crippen LogP contribution >= 0.6 is 11.3 Å². The summed E-state index contributed by atoms with van der Waals surface area (Å²) in [4.78, 5) is 18.0. The average Bonchev–Trinajstić information content (AvgIpc) is 2.77. The molecule has 0 radical (unpaired) electrons. The van der Waals surface area contributed by atoms with Crippen LogP contribution in [0.2, 0.25) is 0 Å². The standard InChI is InChI=1S/C11H20N4OS/c1-8(2)15(3)5-4-13-11(16)9-7-17-10(6-12)14-9/h7-8H,4-6,12H2,1-3H3,(H,13,16). The van der Waals surface area contributed by atoms with Gasteiger partial charge < -0.3 is 16.0 Å². The molecule has 0 saturated carbocycles. The van der Waals surface area contributed by atoms with Crippen LogP contribution in [0.1, 0.15) is 29.3 Å². The Morgan fingerprint density at radius 1 is 1.65 bits per heavy atom. The maximum absolute atomic E-state index is 11.7. The average molecular weight is 256 g/mol. The molecule has 6 heteroatoms. The molecule has 0 aromatic carbocycles. The van der Waals surface area contributed by atoms with Crippen LogP contribution in [0.25, 0.3) is 0 Å². The summed E-state index contributed by atoms with van der Waals surface area (Å²) in [6.07, 6.45) is 0. The number of nitrogens with two attached hydrogens (primary N) is 1. The van der Waals surface area contributed by atoms with Gasteiger partial charge in [0.25, 0.3) is 5.91 Å². The minimum absolute atomic E-state index is 0.127. The molecule has 0 unspecified atom stereocenters. The van der Waals surface area contributed by atoms with Crippen molar-refractivity contribution in [3.63, 3.8) is 0 Å². The monoisotopic (exact) mass is 256 g/mol. The Labute approximate surface area is 106 Å². The lowest BCUT2D eigenvalue weighted by Gasteiger charge is -2.20. The highest BCUT2D eigenvalue weighted by molar-refractivity contribution is 7.09. The number of nitrogens with zero attached hydrogens (tertiary/aromatic N) is 2. The highest BCUT2D eigenvalue weighted by atomic mass is 32.1. The molecule has 1 amide bonds. The number of likely N-dealkylation sites (N-methyl/N-ethyl adjacent to an activating group) is 1. The van der Waals surface area contributed by atoms with Crippen molar-refractivity contribution in [3.8, 4) is 0 Å². The second kappa shape index (κ2) is 6.68. The van der Waals surface area contributed by atoms with E-state index in [-0.39, 0.29) is 5.91 Å². The van der Waals surface area contributed by atoms with Gasteiger partial charge in [-0.1, -0.05) is 0 Å². The highest BCUT2D eigenvalue weighted by Gasteiger charge is 2.10. The van der Waals surface area contributed by atoms with Gasteiger partial charge in [-0.25, -0.2) is 4.98 Å². The zero-order valence-corrected chi connectivity index (χ0v) is 11.4. The molecule has 17 heavy (non-hydrogen) atoms. The highest BCUT2D eigenvalue weighted by Crippen LogP contribution is 2.08. The van der Waals surface area contributed by atoms with Crippen LogP contribution < -0.4 is 11.1 Å². The number of hydrogen-bond donors (Lipinski definition) is 2. The predicted octanol–water partition coefficient (Wildman–Crippen LogP) is 0.672. The Morgan fingerprint density at radius 3 is 2.88 bits per heavy atom. The lowest BCUT2D eigenvalue weighted by molar-refractivity contribution is 0.0943. The molecule has 5 nitrogen and oxygen atoms in total. The quantitative estimate of drug-likeness (QED) is 0.785. The van der Waals surface area contributed by atoms with Gasteiger partial charge in [0, 0.05) is 31.1 Å². The molecule has 0 aliphatic rings. The number of amides is 1. The van der Waals surface area contributed by atoms with Crippen LogP contribution in [0.5, 0.6) is 0 Å². The molecule has 96 valence electrons. The Hall–Kier alpha value is -0.980. The Balaban J connectivity index is 2.35. The number of rotatable bonds is 6. The maximum atomic E-state index is 11.7. The van der Waals surface area contributed by atoms with Gasteiger partial charge in [0.2, 0.25) is 0 Å². The molecule has 0 aliphatic carbocycles. The lowest BCUT2D eigenvalue weighted by atomic mass is 10.3. The van der Waals surface area contributed by atoms with Crippen molar-refractivity contribution in [3.05, 3.63) is 16.1 Å². The van der Waals surface area contributed by atoms with E-state index in [9.17, 15) is 4.79 Å². The Kier molecular flexibility index (Phi) is 5.54. The number of thiazole rings is 1. The Bertz CT molecular complexity index is 364. The van der Waals surface area contributed by atoms with E-state index < -0.39 is 0 Å². The first-order valence-corrected chi connectivity index (χ1v) is 6.55. The van der Waals surface area contributed by atoms with Crippen LogP contribution in [0, 0.1) is 0 Å². The third-order valence-electron chi connectivity index (χ3n) is 2.59. The smallest absolute Gasteiger partial charge is 0.270 e. The van der Waals surface area contributed by atoms with E-state index in [1.54, 1.807) is 5.38 Å². The van der Waals surface area contributed by atoms with Gasteiger partial charge in [-0.05, 0) is 20.9 Å². The van der Waals surface area contributed by atoms with Crippen LogP contribution in [0.15, 0.2) is 5.38 Å². The maximum Gasteiger partial charge on any atom is 0.270 e. The van der Waals surface area contributed by atoms with Crippen molar-refractivity contribution in [2.75, 3.05) is 20.1 Å². The minimum Gasteiger partial charge on any atom is -0.349 e. The molecule has 0 bridgehead atoms. The van der Waals surface area contributed by atoms with Crippen molar-refractivity contribution < 1.29 is 4.79 Å². The number of nitrogens with one attached hydrogen (secondary N) is 1. The first-order chi connectivity index (χ1) is 8.04. The van der Waals surface area contributed by atoms with E-state index >= 15 is 0 Å². The fourth-order valence-electron chi connectivity index (χ4n) is 1.20. The Morgan fingerprint density at radius 2 is 2.35 bits per heavy atom. The second-order valence-electron chi connectivity index (χ2n) is 4.16. The van der Waals surface area contributed by atoms with Crippen molar-refractivity contribution >= 4 is 17.2 Å². The van der Waals surface area contributed by atoms with E-state index in [1.165, 1.54) is 11.3 Å². The summed E-state index contributed by atoms with van der Waals surface area (Å²) < 4.78 is 0. The molecular formula is C11H20N4OS. The molecule has 0 fully saturated rings. The molecule has 1 aromatic heterocycles. The van der Waals surface area contributed by atoms with Gasteiger partial charge in [0.15, 0.2) is 0 Å². The molecule has 3 N–H and O–H groups in total. The molecule has 1 rings (SSSR count). The van der Waals surface area contributed by atoms with Gasteiger partial charge in [0.05, 0.1) is 0 Å². The van der Waals surface area contributed by atoms with E-state index in [4.69, 9.17) is 5.73 Å². The van der Waals surface area contributed by atoms with Gasteiger partial charge >= 0.3 is 0 Å². The van der Waals surface area contributed by atoms with E-state index in [2.05, 4.69) is 29.0 Å². The van der Waals surface area contributed by atoms with Gasteiger partial charge in [-0.3, -0.25) is 4.79 Å². The zero-order chi connectivity index (χ0) is 12.8. The molecule has 0 aliphatic heterocycles. The third kappa shape index (κ3) is 4.41. The number of hydrogen-bond acceptors (Lipinski definition) is 5. The number of aromatic nitrogens is 1. The first-order valence-electron chi connectivity index (χ1n) is 5.67. The van der Waals surface area contributed by atoms with E-state index in [0.717, 1.165) is 11.6 Å². The third-order valence-corrected chi connectivity index (χ3v) is 3.46. The van der Waals surface area contributed by atoms with Gasteiger partial charge in [-0.15, -0.1) is 11.3 Å². The normalized spacial score (nSPS) is 11.2. The fraction of sp³-hybridized carbons (Fsp3) is 0.636. The molecular weight excluding hydrogens is 236 g/mol. The predicted molar refractivity (Wildman–Crippen MR) is 70.1 cm³/mol. The zero-order valence-electron chi connectivity index (χ0n) is 10.6. The number of carbonyl (C=O) groups excluding carboxylic acids is 1. The van der Waals surface area contributed by atoms with Crippen molar-refractivity contribution in [1.82, 2.24) is 15.2 Å². The van der Waals surface area contributed by atoms with Crippen LogP contribution in [-0.4, -0.2) is 42.0 Å². The summed E-state index contributed by atoms with van der Waals surface area (Å²) in [6, 6.07) is 0.481. The summed E-state index contributed by atoms with van der Waals surface area (Å²) in [5, 5.41) is 5.37. The summed E-state index contributed by atoms with van der Waals surface area (Å²) in [5.41, 5.74) is 5.91. The van der Waals surface area contributed by atoms with Crippen LogP contribution in [0.3, 0.4) is 0 Å². The van der Waals surface area contributed by atoms with Crippen molar-refractivity contribution in [2.24, 2.45) is 5.73 Å². The SMILES string of the molecule is CC(C)N(C)CCNC(=O)c1csc(CN)n1. The first kappa shape index (κ1) is 14.1. The van der Waals surface area contributed by atoms with E-state index in [0.29, 0.717) is 24.8 Å². The van der Waals surface area contributed by atoms with Crippen LogP contribution in [-0.2, 0) is 6.54 Å². The van der Waals surface area contributed by atoms with Gasteiger partial charge in [0.1, 0.15) is 10.7 Å². The van der Waals surface area contributed by atoms with E-state index in [1.807, 2.05) is 7.05 Å². The topological polar surface area (TPSA) is 71.2 Å². The molecule has 1 heterocycles. The second-order valence-corrected chi connectivity index (χ2v) is 5.10. The van der Waals surface area contributed by atoms with Crippen molar-refractivity contribution in [1.29, 1.82) is 0 Å². The summed E-state index contributed by atoms with van der Waals surface area (Å²) in [7, 11) is 2.03. The summed E-state index contributed by atoms with van der Waals surface area (Å²) in [5.74, 6) is -0.127. The molecule has 0 atom stereocenters. The fourth-order valence-corrected chi connectivity index (χ4v) is 1.86. The van der Waals surface area contributed by atoms with Crippen LogP contribution in [0.4, 0.5) is 0 Å². The summed E-state index contributed by atoms with van der Waals surface area (Å²) in [6.45, 7) is 6.08. The lowest BCUT2D eigenvalue weighted by Crippen LogP contribution is -2.36. The summed E-state index contributed by atoms with van der Waals surface area (Å²) >= 11 is 1.42. The van der Waals surface area contributed by atoms with Gasteiger partial charge in [-0.2, -0.15) is 0 Å². The largest absolute Gasteiger partial charge is 0.349 e. The minimum atomic E-state index is -0.127. The molecule has 1 aromatic rings. The van der Waals surface area contributed by atoms with Crippen molar-refractivity contribution in [2.45, 2.75) is 26.4 Å².